The largest absolute Gasteiger partial charge is 0.416 e. The van der Waals surface area contributed by atoms with Gasteiger partial charge in [-0.3, -0.25) is 0 Å². The van der Waals surface area contributed by atoms with Gasteiger partial charge in [-0.2, -0.15) is 0 Å². The lowest BCUT2D eigenvalue weighted by atomic mass is 10.1. The molecular weight excluding hydrogens is 195 g/mol. The number of thiophene rings is 1. The number of hydrogen-bond donors (Lipinski definition) is 2. The minimum atomic E-state index is -2.28. The third-order valence-electron chi connectivity index (χ3n) is 1.44. The van der Waals surface area contributed by atoms with Crippen LogP contribution >= 0.6 is 19.9 Å². The van der Waals surface area contributed by atoms with Gasteiger partial charge in [0.25, 0.3) is 0 Å². The van der Waals surface area contributed by atoms with Crippen LogP contribution in [0.5, 0.6) is 5.06 Å². The van der Waals surface area contributed by atoms with Crippen molar-refractivity contribution in [3.8, 4) is 5.06 Å². The van der Waals surface area contributed by atoms with Gasteiger partial charge in [0.2, 0.25) is 0 Å². The quantitative estimate of drug-likeness (QED) is 0.747. The van der Waals surface area contributed by atoms with E-state index in [-0.39, 0.29) is 0 Å². The highest BCUT2D eigenvalue weighted by molar-refractivity contribution is 7.40. The van der Waals surface area contributed by atoms with Crippen molar-refractivity contribution < 1.29 is 14.3 Å². The second-order valence-electron chi connectivity index (χ2n) is 2.66. The third kappa shape index (κ3) is 2.42. The molecule has 0 aliphatic heterocycles. The van der Waals surface area contributed by atoms with Gasteiger partial charge in [0.15, 0.2) is 5.06 Å². The Hall–Kier alpha value is -0.150. The molecule has 0 aliphatic rings. The summed E-state index contributed by atoms with van der Waals surface area (Å²) < 4.78 is 4.84. The van der Waals surface area contributed by atoms with Crippen molar-refractivity contribution in [3.63, 3.8) is 0 Å². The minimum absolute atomic E-state index is 0.348. The minimum Gasteiger partial charge on any atom is -0.416 e. The van der Waals surface area contributed by atoms with E-state index in [9.17, 15) is 0 Å². The molecule has 12 heavy (non-hydrogen) atoms. The van der Waals surface area contributed by atoms with Crippen molar-refractivity contribution in [2.24, 2.45) is 0 Å². The Morgan fingerprint density at radius 1 is 1.50 bits per heavy atom. The molecule has 68 valence electrons. The Labute approximate surface area is 76.6 Å². The summed E-state index contributed by atoms with van der Waals surface area (Å²) in [4.78, 5) is 17.3. The van der Waals surface area contributed by atoms with Crippen LogP contribution in [0.2, 0.25) is 0 Å². The fraction of sp³-hybridized carbons (Fsp3) is 0.429. The number of rotatable bonds is 3. The molecular formula is C7H11O3PS. The molecule has 0 bridgehead atoms. The molecule has 0 radical (unpaired) electrons. The van der Waals surface area contributed by atoms with E-state index in [1.54, 1.807) is 0 Å². The van der Waals surface area contributed by atoms with Gasteiger partial charge in [0.05, 0.1) is 0 Å². The van der Waals surface area contributed by atoms with Gasteiger partial charge in [-0.05, 0) is 17.4 Å². The lowest BCUT2D eigenvalue weighted by molar-refractivity contribution is 0.377. The summed E-state index contributed by atoms with van der Waals surface area (Å²) >= 11 is 1.38. The van der Waals surface area contributed by atoms with Crippen molar-refractivity contribution in [2.75, 3.05) is 0 Å². The fourth-order valence-electron chi connectivity index (χ4n) is 0.882. The predicted molar refractivity (Wildman–Crippen MR) is 50.4 cm³/mol. The summed E-state index contributed by atoms with van der Waals surface area (Å²) in [6.07, 6.45) is 0. The zero-order valence-electron chi connectivity index (χ0n) is 6.89. The summed E-state index contributed by atoms with van der Waals surface area (Å²) in [5.41, 5.74) is 1.02. The van der Waals surface area contributed by atoms with Crippen LogP contribution < -0.4 is 4.52 Å². The van der Waals surface area contributed by atoms with Gasteiger partial charge in [-0.15, -0.1) is 11.3 Å². The third-order valence-corrected chi connectivity index (χ3v) is 2.72. The van der Waals surface area contributed by atoms with Crippen molar-refractivity contribution in [1.29, 1.82) is 0 Å². The van der Waals surface area contributed by atoms with E-state index in [2.05, 4.69) is 0 Å². The first-order valence-electron chi connectivity index (χ1n) is 3.54. The van der Waals surface area contributed by atoms with E-state index in [0.717, 1.165) is 5.56 Å². The Kier molecular flexibility index (Phi) is 3.47. The van der Waals surface area contributed by atoms with Gasteiger partial charge in [0.1, 0.15) is 0 Å². The first-order chi connectivity index (χ1) is 5.61. The lowest BCUT2D eigenvalue weighted by Gasteiger charge is -2.07. The zero-order valence-corrected chi connectivity index (χ0v) is 8.60. The first kappa shape index (κ1) is 9.93. The Morgan fingerprint density at radius 2 is 2.17 bits per heavy atom. The van der Waals surface area contributed by atoms with E-state index < -0.39 is 8.60 Å². The Morgan fingerprint density at radius 3 is 2.67 bits per heavy atom. The average molecular weight is 206 g/mol. The van der Waals surface area contributed by atoms with Crippen LogP contribution in [0.3, 0.4) is 0 Å². The van der Waals surface area contributed by atoms with Gasteiger partial charge in [-0.25, -0.2) is 0 Å². The summed E-state index contributed by atoms with van der Waals surface area (Å²) in [6, 6.07) is 1.93. The average Bonchev–Trinajstić information content (AvgIpc) is 2.33. The lowest BCUT2D eigenvalue weighted by Crippen LogP contribution is -1.89. The van der Waals surface area contributed by atoms with Crippen molar-refractivity contribution in [3.05, 3.63) is 17.0 Å². The van der Waals surface area contributed by atoms with Crippen LogP contribution in [0.15, 0.2) is 11.4 Å². The molecule has 0 aliphatic carbocycles. The van der Waals surface area contributed by atoms with E-state index in [4.69, 9.17) is 14.3 Å². The maximum absolute atomic E-state index is 8.64. The molecule has 3 nitrogen and oxygen atoms in total. The van der Waals surface area contributed by atoms with Crippen LogP contribution in [0.4, 0.5) is 0 Å². The summed E-state index contributed by atoms with van der Waals surface area (Å²) in [5.74, 6) is 0.348. The van der Waals surface area contributed by atoms with Gasteiger partial charge < -0.3 is 14.3 Å². The molecule has 1 aromatic heterocycles. The maximum atomic E-state index is 8.64. The second kappa shape index (κ2) is 4.19. The Balaban J connectivity index is 2.77. The van der Waals surface area contributed by atoms with Crippen LogP contribution in [-0.2, 0) is 0 Å². The fourth-order valence-corrected chi connectivity index (χ4v) is 2.29. The highest BCUT2D eigenvalue weighted by Gasteiger charge is 2.12. The van der Waals surface area contributed by atoms with Crippen LogP contribution in [0.1, 0.15) is 25.3 Å². The van der Waals surface area contributed by atoms with Gasteiger partial charge >= 0.3 is 8.60 Å². The van der Waals surface area contributed by atoms with Crippen molar-refractivity contribution in [2.45, 2.75) is 19.8 Å². The van der Waals surface area contributed by atoms with E-state index in [1.807, 2.05) is 25.3 Å². The first-order valence-corrected chi connectivity index (χ1v) is 5.59. The highest BCUT2D eigenvalue weighted by Crippen LogP contribution is 2.38. The molecule has 0 aromatic carbocycles. The molecule has 1 heterocycles. The molecule has 2 N–H and O–H groups in total. The van der Waals surface area contributed by atoms with E-state index in [1.165, 1.54) is 11.3 Å². The molecule has 0 unspecified atom stereocenters. The molecule has 0 spiro atoms. The zero-order chi connectivity index (χ0) is 9.14. The summed E-state index contributed by atoms with van der Waals surface area (Å²) in [6.45, 7) is 4.07. The summed E-state index contributed by atoms with van der Waals surface area (Å²) in [7, 11) is -2.28. The normalized spacial score (nSPS) is 11.2. The van der Waals surface area contributed by atoms with Gasteiger partial charge in [0, 0.05) is 5.56 Å². The topological polar surface area (TPSA) is 49.7 Å². The maximum Gasteiger partial charge on any atom is 0.392 e. The molecule has 1 rings (SSSR count). The standard InChI is InChI=1S/C7H11O3PS/c1-5(2)6-3-4-12-7(6)10-11(8)9/h3-5,8-9H,1-2H3. The molecule has 0 saturated carbocycles. The van der Waals surface area contributed by atoms with E-state index >= 15 is 0 Å². The van der Waals surface area contributed by atoms with Crippen LogP contribution in [0.25, 0.3) is 0 Å². The summed E-state index contributed by atoms with van der Waals surface area (Å²) in [5, 5.41) is 2.49. The molecule has 5 heteroatoms. The van der Waals surface area contributed by atoms with Crippen molar-refractivity contribution >= 4 is 19.9 Å². The SMILES string of the molecule is CC(C)c1ccsc1OP(O)O. The smallest absolute Gasteiger partial charge is 0.392 e. The molecule has 1 aromatic rings. The highest BCUT2D eigenvalue weighted by atomic mass is 32.1. The van der Waals surface area contributed by atoms with E-state index in [0.29, 0.717) is 11.0 Å². The monoisotopic (exact) mass is 206 g/mol. The molecule has 0 atom stereocenters. The van der Waals surface area contributed by atoms with Crippen LogP contribution in [0, 0.1) is 0 Å². The molecule has 0 saturated heterocycles. The molecule has 0 amide bonds. The number of hydrogen-bond acceptors (Lipinski definition) is 4. The van der Waals surface area contributed by atoms with Crippen molar-refractivity contribution in [1.82, 2.24) is 0 Å². The molecule has 0 fully saturated rings. The van der Waals surface area contributed by atoms with Crippen LogP contribution in [-0.4, -0.2) is 9.79 Å². The van der Waals surface area contributed by atoms with Gasteiger partial charge in [-0.1, -0.05) is 13.8 Å². The second-order valence-corrected chi connectivity index (χ2v) is 4.23. The predicted octanol–water partition coefficient (Wildman–Crippen LogP) is 2.46. The Bertz CT molecular complexity index is 247.